The lowest BCUT2D eigenvalue weighted by atomic mass is 9.75. The van der Waals surface area contributed by atoms with Gasteiger partial charge in [-0.25, -0.2) is 0 Å². The highest BCUT2D eigenvalue weighted by Gasteiger charge is 2.49. The van der Waals surface area contributed by atoms with Crippen molar-refractivity contribution in [1.82, 2.24) is 15.5 Å². The van der Waals surface area contributed by atoms with E-state index in [0.717, 1.165) is 32.5 Å². The van der Waals surface area contributed by atoms with Gasteiger partial charge in [0.05, 0.1) is 11.8 Å². The van der Waals surface area contributed by atoms with Crippen molar-refractivity contribution in [2.24, 2.45) is 11.3 Å². The van der Waals surface area contributed by atoms with Gasteiger partial charge >= 0.3 is 5.97 Å². The summed E-state index contributed by atoms with van der Waals surface area (Å²) in [6.45, 7) is 14.4. The molecule has 2 aliphatic heterocycles. The van der Waals surface area contributed by atoms with Gasteiger partial charge in [0.2, 0.25) is 5.91 Å². The summed E-state index contributed by atoms with van der Waals surface area (Å²) in [6.07, 6.45) is 7.29. The van der Waals surface area contributed by atoms with Gasteiger partial charge in [0.15, 0.2) is 0 Å². The molecule has 168 valence electrons. The third-order valence-corrected chi connectivity index (χ3v) is 6.42. The number of rotatable bonds is 9. The van der Waals surface area contributed by atoms with E-state index in [1.54, 1.807) is 0 Å². The summed E-state index contributed by atoms with van der Waals surface area (Å²) in [5.74, 6) is -0.166. The number of carbonyl (C=O) groups excluding carboxylic acids is 2. The molecule has 2 aliphatic rings. The molecule has 2 saturated heterocycles. The third kappa shape index (κ3) is 7.25. The summed E-state index contributed by atoms with van der Waals surface area (Å²) in [4.78, 5) is 28.3. The summed E-state index contributed by atoms with van der Waals surface area (Å²) in [5.41, 5.74) is -1.24. The van der Waals surface area contributed by atoms with Gasteiger partial charge in [-0.15, -0.1) is 0 Å². The summed E-state index contributed by atoms with van der Waals surface area (Å²) in [6, 6.07) is 0.206. The Labute approximate surface area is 177 Å². The number of nitrogens with one attached hydrogen (secondary N) is 2. The van der Waals surface area contributed by atoms with Crippen LogP contribution >= 0.6 is 0 Å². The van der Waals surface area contributed by atoms with E-state index in [2.05, 4.69) is 29.4 Å². The minimum Gasteiger partial charge on any atom is -0.460 e. The van der Waals surface area contributed by atoms with Crippen LogP contribution in [0.3, 0.4) is 0 Å². The van der Waals surface area contributed by atoms with Crippen LogP contribution in [0.4, 0.5) is 0 Å². The molecule has 6 heteroatoms. The van der Waals surface area contributed by atoms with E-state index < -0.39 is 11.0 Å². The zero-order valence-corrected chi connectivity index (χ0v) is 19.3. The van der Waals surface area contributed by atoms with Gasteiger partial charge in [0.1, 0.15) is 5.60 Å². The van der Waals surface area contributed by atoms with Crippen LogP contribution in [-0.2, 0) is 14.3 Å². The van der Waals surface area contributed by atoms with E-state index in [0.29, 0.717) is 6.54 Å². The molecule has 1 amide bonds. The Hall–Kier alpha value is -1.14. The Balaban J connectivity index is 1.87. The maximum absolute atomic E-state index is 13.3. The monoisotopic (exact) mass is 409 g/mol. The second kappa shape index (κ2) is 10.8. The van der Waals surface area contributed by atoms with Crippen LogP contribution in [0.2, 0.25) is 0 Å². The predicted molar refractivity (Wildman–Crippen MR) is 117 cm³/mol. The number of carbonyl (C=O) groups is 2. The molecule has 0 aromatic rings. The van der Waals surface area contributed by atoms with Crippen LogP contribution in [-0.4, -0.2) is 61.1 Å². The number of ether oxygens (including phenoxy) is 1. The normalized spacial score (nSPS) is 26.4. The highest BCUT2D eigenvalue weighted by atomic mass is 16.6. The average Bonchev–Trinajstić information content (AvgIpc) is 3.00. The summed E-state index contributed by atoms with van der Waals surface area (Å²) >= 11 is 0. The van der Waals surface area contributed by atoms with Gasteiger partial charge in [-0.2, -0.15) is 0 Å². The molecule has 6 nitrogen and oxygen atoms in total. The van der Waals surface area contributed by atoms with Crippen molar-refractivity contribution in [2.75, 3.05) is 32.7 Å². The third-order valence-electron chi connectivity index (χ3n) is 6.42. The van der Waals surface area contributed by atoms with Crippen LogP contribution < -0.4 is 10.6 Å². The van der Waals surface area contributed by atoms with Crippen LogP contribution in [0.25, 0.3) is 0 Å². The topological polar surface area (TPSA) is 70.7 Å². The standard InChI is InChI=1S/C23H43N3O3/c1-6-7-8-9-12-26-13-10-19(11-14-26)25-21(28)23(17-24-16-18(23)2)15-20(27)29-22(3,4)5/h18-19,24H,6-17H2,1-5H3,(H,25,28). The molecule has 0 radical (unpaired) electrons. The minimum absolute atomic E-state index is 0.0160. The maximum atomic E-state index is 13.3. The first-order chi connectivity index (χ1) is 13.7. The molecule has 2 heterocycles. The van der Waals surface area contributed by atoms with Crippen LogP contribution in [0, 0.1) is 11.3 Å². The largest absolute Gasteiger partial charge is 0.460 e. The smallest absolute Gasteiger partial charge is 0.307 e. The molecule has 0 spiro atoms. The Kier molecular flexibility index (Phi) is 8.95. The van der Waals surface area contributed by atoms with Crippen molar-refractivity contribution in [3.63, 3.8) is 0 Å². The zero-order chi connectivity index (χ0) is 21.5. The lowest BCUT2D eigenvalue weighted by molar-refractivity contribution is -0.161. The predicted octanol–water partition coefficient (Wildman–Crippen LogP) is 3.10. The fourth-order valence-electron chi connectivity index (χ4n) is 4.53. The lowest BCUT2D eigenvalue weighted by Crippen LogP contribution is -2.53. The van der Waals surface area contributed by atoms with E-state index in [1.165, 1.54) is 32.2 Å². The van der Waals surface area contributed by atoms with Crippen LogP contribution in [0.1, 0.15) is 79.6 Å². The Morgan fingerprint density at radius 2 is 1.86 bits per heavy atom. The summed E-state index contributed by atoms with van der Waals surface area (Å²) < 4.78 is 5.53. The number of unbranched alkanes of at least 4 members (excludes halogenated alkanes) is 3. The van der Waals surface area contributed by atoms with Crippen LogP contribution in [0.5, 0.6) is 0 Å². The average molecular weight is 410 g/mol. The van der Waals surface area contributed by atoms with E-state index in [1.807, 2.05) is 20.8 Å². The number of piperidine rings is 1. The molecule has 29 heavy (non-hydrogen) atoms. The Bertz CT molecular complexity index is 538. The fourth-order valence-corrected chi connectivity index (χ4v) is 4.53. The van der Waals surface area contributed by atoms with E-state index in [9.17, 15) is 9.59 Å². The molecule has 2 rings (SSSR count). The minimum atomic E-state index is -0.709. The number of likely N-dealkylation sites (tertiary alicyclic amines) is 1. The molecule has 2 N–H and O–H groups in total. The van der Waals surface area contributed by atoms with Gasteiger partial charge in [0, 0.05) is 25.7 Å². The maximum Gasteiger partial charge on any atom is 0.307 e. The van der Waals surface area contributed by atoms with Crippen molar-refractivity contribution < 1.29 is 14.3 Å². The van der Waals surface area contributed by atoms with Crippen molar-refractivity contribution in [3.8, 4) is 0 Å². The zero-order valence-electron chi connectivity index (χ0n) is 19.3. The highest BCUT2D eigenvalue weighted by Crippen LogP contribution is 2.36. The number of hydrogen-bond donors (Lipinski definition) is 2. The first-order valence-electron chi connectivity index (χ1n) is 11.6. The highest BCUT2D eigenvalue weighted by molar-refractivity contribution is 5.88. The molecular formula is C23H43N3O3. The Morgan fingerprint density at radius 1 is 1.17 bits per heavy atom. The quantitative estimate of drug-likeness (QED) is 0.452. The molecular weight excluding hydrogens is 366 g/mol. The van der Waals surface area contributed by atoms with E-state index in [4.69, 9.17) is 4.74 Å². The molecule has 0 aliphatic carbocycles. The van der Waals surface area contributed by atoms with Crippen molar-refractivity contribution in [3.05, 3.63) is 0 Å². The van der Waals surface area contributed by atoms with Crippen molar-refractivity contribution >= 4 is 11.9 Å². The van der Waals surface area contributed by atoms with Crippen molar-refractivity contribution in [2.45, 2.75) is 91.2 Å². The SMILES string of the molecule is CCCCCCN1CCC(NC(=O)C2(CC(=O)OC(C)(C)C)CNCC2C)CC1. The molecule has 0 bridgehead atoms. The number of esters is 1. The van der Waals surface area contributed by atoms with E-state index in [-0.39, 0.29) is 30.3 Å². The van der Waals surface area contributed by atoms with Gasteiger partial charge in [-0.1, -0.05) is 33.1 Å². The molecule has 2 fully saturated rings. The van der Waals surface area contributed by atoms with Gasteiger partial charge < -0.3 is 20.3 Å². The van der Waals surface area contributed by atoms with Gasteiger partial charge in [0.25, 0.3) is 0 Å². The summed E-state index contributed by atoms with van der Waals surface area (Å²) in [5, 5.41) is 6.60. The molecule has 0 aromatic heterocycles. The van der Waals surface area contributed by atoms with Crippen molar-refractivity contribution in [1.29, 1.82) is 0 Å². The van der Waals surface area contributed by atoms with Crippen LogP contribution in [0.15, 0.2) is 0 Å². The molecule has 0 aromatic carbocycles. The van der Waals surface area contributed by atoms with E-state index >= 15 is 0 Å². The lowest BCUT2D eigenvalue weighted by Gasteiger charge is -2.36. The second-order valence-electron chi connectivity index (χ2n) is 10.1. The molecule has 2 atom stereocenters. The number of nitrogens with zero attached hydrogens (tertiary/aromatic N) is 1. The first kappa shape index (κ1) is 24.1. The molecule has 2 unspecified atom stereocenters. The number of amides is 1. The Morgan fingerprint density at radius 3 is 2.41 bits per heavy atom. The van der Waals surface area contributed by atoms with Gasteiger partial charge in [-0.05, 0) is 59.0 Å². The summed E-state index contributed by atoms with van der Waals surface area (Å²) in [7, 11) is 0. The van der Waals surface area contributed by atoms with Gasteiger partial charge in [-0.3, -0.25) is 9.59 Å². The molecule has 0 saturated carbocycles. The number of hydrogen-bond acceptors (Lipinski definition) is 5. The first-order valence-corrected chi connectivity index (χ1v) is 11.6. The fraction of sp³-hybridized carbons (Fsp3) is 0.913. The second-order valence-corrected chi connectivity index (χ2v) is 10.1.